The molecule has 0 aliphatic carbocycles. The molecular weight excluding hydrogens is 262 g/mol. The highest BCUT2D eigenvalue weighted by Crippen LogP contribution is 2.34. The molecule has 1 aromatic carbocycles. The van der Waals surface area contributed by atoms with Gasteiger partial charge in [0, 0.05) is 19.6 Å². The van der Waals surface area contributed by atoms with Crippen molar-refractivity contribution in [2.24, 2.45) is 5.41 Å². The van der Waals surface area contributed by atoms with Crippen molar-refractivity contribution < 1.29 is 4.79 Å². The maximum atomic E-state index is 12.8. The van der Waals surface area contributed by atoms with E-state index >= 15 is 0 Å². The summed E-state index contributed by atoms with van der Waals surface area (Å²) in [6.07, 6.45) is 4.30. The van der Waals surface area contributed by atoms with Gasteiger partial charge in [-0.2, -0.15) is 0 Å². The van der Waals surface area contributed by atoms with Gasteiger partial charge in [0.25, 0.3) is 0 Å². The standard InChI is InChI=1S/C17H25N3O/c1-2-17(9-10-18-13-17)16(21)19-14-7-3-4-8-15(14)20-11-5-6-12-20/h3-4,7-8,18H,2,5-6,9-13H2,1H3,(H,19,21). The van der Waals surface area contributed by atoms with Crippen LogP contribution in [-0.4, -0.2) is 32.1 Å². The van der Waals surface area contributed by atoms with E-state index in [4.69, 9.17) is 0 Å². The zero-order valence-electron chi connectivity index (χ0n) is 12.8. The Morgan fingerprint density at radius 3 is 2.76 bits per heavy atom. The maximum Gasteiger partial charge on any atom is 0.231 e. The number of hydrogen-bond donors (Lipinski definition) is 2. The maximum absolute atomic E-state index is 12.8. The Bertz CT molecular complexity index is 503. The lowest BCUT2D eigenvalue weighted by atomic mass is 9.83. The van der Waals surface area contributed by atoms with Gasteiger partial charge in [0.2, 0.25) is 5.91 Å². The normalized spacial score (nSPS) is 25.3. The van der Waals surface area contributed by atoms with Gasteiger partial charge in [0.05, 0.1) is 16.8 Å². The van der Waals surface area contributed by atoms with Gasteiger partial charge in [-0.3, -0.25) is 4.79 Å². The molecule has 0 radical (unpaired) electrons. The molecular formula is C17H25N3O. The van der Waals surface area contributed by atoms with Crippen molar-refractivity contribution >= 4 is 17.3 Å². The number of hydrogen-bond acceptors (Lipinski definition) is 3. The number of para-hydroxylation sites is 2. The van der Waals surface area contributed by atoms with Crippen LogP contribution in [0.3, 0.4) is 0 Å². The molecule has 2 heterocycles. The third-order valence-electron chi connectivity index (χ3n) is 5.00. The van der Waals surface area contributed by atoms with E-state index in [1.165, 1.54) is 18.5 Å². The lowest BCUT2D eigenvalue weighted by molar-refractivity contribution is -0.124. The van der Waals surface area contributed by atoms with Crippen LogP contribution in [0.4, 0.5) is 11.4 Å². The van der Waals surface area contributed by atoms with Crippen LogP contribution in [-0.2, 0) is 4.79 Å². The summed E-state index contributed by atoms with van der Waals surface area (Å²) in [5, 5.41) is 6.53. The third-order valence-corrected chi connectivity index (χ3v) is 5.00. The molecule has 114 valence electrons. The van der Waals surface area contributed by atoms with Crippen LogP contribution in [0.15, 0.2) is 24.3 Å². The van der Waals surface area contributed by atoms with Gasteiger partial charge in [-0.15, -0.1) is 0 Å². The topological polar surface area (TPSA) is 44.4 Å². The van der Waals surface area contributed by atoms with Gasteiger partial charge >= 0.3 is 0 Å². The van der Waals surface area contributed by atoms with Crippen molar-refractivity contribution in [3.05, 3.63) is 24.3 Å². The van der Waals surface area contributed by atoms with E-state index in [0.717, 1.165) is 44.7 Å². The fraction of sp³-hybridized carbons (Fsp3) is 0.588. The molecule has 2 saturated heterocycles. The van der Waals surface area contributed by atoms with Gasteiger partial charge in [0.15, 0.2) is 0 Å². The SMILES string of the molecule is CCC1(C(=O)Nc2ccccc2N2CCCC2)CCNC1. The van der Waals surface area contributed by atoms with E-state index in [9.17, 15) is 4.79 Å². The van der Waals surface area contributed by atoms with E-state index in [1.54, 1.807) is 0 Å². The molecule has 4 heteroatoms. The van der Waals surface area contributed by atoms with Crippen molar-refractivity contribution in [3.63, 3.8) is 0 Å². The summed E-state index contributed by atoms with van der Waals surface area (Å²) in [5.41, 5.74) is 1.89. The molecule has 1 amide bonds. The second kappa shape index (κ2) is 6.06. The Hall–Kier alpha value is -1.55. The molecule has 1 unspecified atom stereocenters. The highest BCUT2D eigenvalue weighted by Gasteiger charge is 2.39. The van der Waals surface area contributed by atoms with Crippen molar-refractivity contribution in [2.45, 2.75) is 32.6 Å². The molecule has 2 aliphatic rings. The van der Waals surface area contributed by atoms with Crippen LogP contribution in [0.25, 0.3) is 0 Å². The number of amides is 1. The molecule has 0 saturated carbocycles. The lowest BCUT2D eigenvalue weighted by Crippen LogP contribution is -2.38. The van der Waals surface area contributed by atoms with Crippen LogP contribution < -0.4 is 15.5 Å². The monoisotopic (exact) mass is 287 g/mol. The summed E-state index contributed by atoms with van der Waals surface area (Å²) >= 11 is 0. The number of carbonyl (C=O) groups is 1. The molecule has 1 aromatic rings. The minimum Gasteiger partial charge on any atom is -0.370 e. The summed E-state index contributed by atoms with van der Waals surface area (Å²) < 4.78 is 0. The second-order valence-electron chi connectivity index (χ2n) is 6.23. The number of benzene rings is 1. The molecule has 2 N–H and O–H groups in total. The summed E-state index contributed by atoms with van der Waals surface area (Å²) in [6, 6.07) is 8.19. The first kappa shape index (κ1) is 14.4. The molecule has 2 fully saturated rings. The lowest BCUT2D eigenvalue weighted by Gasteiger charge is -2.27. The van der Waals surface area contributed by atoms with E-state index in [2.05, 4.69) is 34.6 Å². The first-order valence-electron chi connectivity index (χ1n) is 8.11. The average molecular weight is 287 g/mol. The van der Waals surface area contributed by atoms with E-state index in [0.29, 0.717) is 0 Å². The Morgan fingerprint density at radius 2 is 2.10 bits per heavy atom. The predicted molar refractivity (Wildman–Crippen MR) is 86.7 cm³/mol. The van der Waals surface area contributed by atoms with Crippen molar-refractivity contribution in [3.8, 4) is 0 Å². The first-order valence-corrected chi connectivity index (χ1v) is 8.11. The van der Waals surface area contributed by atoms with Crippen molar-refractivity contribution in [2.75, 3.05) is 36.4 Å². The zero-order valence-corrected chi connectivity index (χ0v) is 12.8. The van der Waals surface area contributed by atoms with Crippen LogP contribution in [0.1, 0.15) is 32.6 Å². The molecule has 0 spiro atoms. The summed E-state index contributed by atoms with van der Waals surface area (Å²) in [4.78, 5) is 15.1. The summed E-state index contributed by atoms with van der Waals surface area (Å²) in [5.74, 6) is 0.168. The quantitative estimate of drug-likeness (QED) is 0.894. The van der Waals surface area contributed by atoms with E-state index in [-0.39, 0.29) is 11.3 Å². The van der Waals surface area contributed by atoms with Crippen LogP contribution in [0, 0.1) is 5.41 Å². The molecule has 4 nitrogen and oxygen atoms in total. The van der Waals surface area contributed by atoms with Crippen molar-refractivity contribution in [1.29, 1.82) is 0 Å². The average Bonchev–Trinajstić information content (AvgIpc) is 3.20. The Balaban J connectivity index is 1.79. The van der Waals surface area contributed by atoms with Crippen LogP contribution in [0.5, 0.6) is 0 Å². The summed E-state index contributed by atoms with van der Waals surface area (Å²) in [6.45, 7) is 6.02. The minimum absolute atomic E-state index is 0.168. The molecule has 1 atom stereocenters. The smallest absolute Gasteiger partial charge is 0.231 e. The molecule has 21 heavy (non-hydrogen) atoms. The first-order chi connectivity index (χ1) is 10.2. The number of anilines is 2. The van der Waals surface area contributed by atoms with Gasteiger partial charge in [-0.25, -0.2) is 0 Å². The van der Waals surface area contributed by atoms with Gasteiger partial charge in [0.1, 0.15) is 0 Å². The van der Waals surface area contributed by atoms with Gasteiger partial charge < -0.3 is 15.5 Å². The minimum atomic E-state index is -0.238. The number of rotatable bonds is 4. The van der Waals surface area contributed by atoms with E-state index in [1.807, 2.05) is 12.1 Å². The van der Waals surface area contributed by atoms with Crippen molar-refractivity contribution in [1.82, 2.24) is 5.32 Å². The zero-order chi connectivity index (χ0) is 14.7. The largest absolute Gasteiger partial charge is 0.370 e. The Morgan fingerprint density at radius 1 is 1.33 bits per heavy atom. The molecule has 0 bridgehead atoms. The van der Waals surface area contributed by atoms with E-state index < -0.39 is 0 Å². The fourth-order valence-electron chi connectivity index (χ4n) is 3.47. The van der Waals surface area contributed by atoms with Gasteiger partial charge in [-0.1, -0.05) is 19.1 Å². The van der Waals surface area contributed by atoms with Gasteiger partial charge in [-0.05, 0) is 44.4 Å². The third kappa shape index (κ3) is 2.77. The molecule has 0 aromatic heterocycles. The Kier molecular flexibility index (Phi) is 4.15. The highest BCUT2D eigenvalue weighted by atomic mass is 16.2. The molecule has 3 rings (SSSR count). The van der Waals surface area contributed by atoms with Crippen LogP contribution >= 0.6 is 0 Å². The Labute approximate surface area is 126 Å². The second-order valence-corrected chi connectivity index (χ2v) is 6.23. The number of nitrogens with zero attached hydrogens (tertiary/aromatic N) is 1. The predicted octanol–water partition coefficient (Wildman–Crippen LogP) is 2.62. The molecule has 2 aliphatic heterocycles. The van der Waals surface area contributed by atoms with Crippen LogP contribution in [0.2, 0.25) is 0 Å². The summed E-state index contributed by atoms with van der Waals surface area (Å²) in [7, 11) is 0. The number of nitrogens with one attached hydrogen (secondary N) is 2. The fourth-order valence-corrected chi connectivity index (χ4v) is 3.47. The highest BCUT2D eigenvalue weighted by molar-refractivity contribution is 5.98. The number of carbonyl (C=O) groups excluding carboxylic acids is 1.